The van der Waals surface area contributed by atoms with E-state index >= 15 is 0 Å². The maximum atomic E-state index is 5.95. The molecule has 1 saturated carbocycles. The summed E-state index contributed by atoms with van der Waals surface area (Å²) >= 11 is 0. The molecule has 1 aromatic carbocycles. The zero-order valence-electron chi connectivity index (χ0n) is 9.69. The van der Waals surface area contributed by atoms with Gasteiger partial charge in [-0.3, -0.25) is 0 Å². The van der Waals surface area contributed by atoms with Gasteiger partial charge in [-0.25, -0.2) is 0 Å². The Labute approximate surface area is 96.5 Å². The summed E-state index contributed by atoms with van der Waals surface area (Å²) < 4.78 is 11.0. The molecular formula is C13H19NO2. The van der Waals surface area contributed by atoms with Gasteiger partial charge in [-0.2, -0.15) is 0 Å². The normalized spacial score (nSPS) is 24.6. The van der Waals surface area contributed by atoms with Crippen molar-refractivity contribution in [3.05, 3.63) is 29.8 Å². The molecule has 0 radical (unpaired) electrons. The molecule has 3 nitrogen and oxygen atoms in total. The molecule has 2 N–H and O–H groups in total. The summed E-state index contributed by atoms with van der Waals surface area (Å²) in [7, 11) is 1.67. The van der Waals surface area contributed by atoms with E-state index in [1.807, 2.05) is 24.3 Å². The second-order valence-corrected chi connectivity index (χ2v) is 4.30. The van der Waals surface area contributed by atoms with Crippen molar-refractivity contribution in [3.63, 3.8) is 0 Å². The highest BCUT2D eigenvalue weighted by molar-refractivity contribution is 5.27. The van der Waals surface area contributed by atoms with E-state index in [1.54, 1.807) is 7.11 Å². The first kappa shape index (κ1) is 11.4. The molecule has 1 aliphatic carbocycles. The van der Waals surface area contributed by atoms with E-state index < -0.39 is 0 Å². The van der Waals surface area contributed by atoms with Crippen LogP contribution in [-0.4, -0.2) is 19.3 Å². The SMILES string of the molecule is COc1cccc(CO[C@H]2CCC[C@@H]2N)c1. The lowest BCUT2D eigenvalue weighted by Crippen LogP contribution is -2.31. The largest absolute Gasteiger partial charge is 0.497 e. The van der Waals surface area contributed by atoms with Crippen LogP contribution in [0.25, 0.3) is 0 Å². The van der Waals surface area contributed by atoms with E-state index in [9.17, 15) is 0 Å². The van der Waals surface area contributed by atoms with Crippen molar-refractivity contribution >= 4 is 0 Å². The molecule has 1 fully saturated rings. The van der Waals surface area contributed by atoms with E-state index in [1.165, 1.54) is 6.42 Å². The van der Waals surface area contributed by atoms with Gasteiger partial charge >= 0.3 is 0 Å². The fraction of sp³-hybridized carbons (Fsp3) is 0.538. The number of rotatable bonds is 4. The monoisotopic (exact) mass is 221 g/mol. The van der Waals surface area contributed by atoms with Gasteiger partial charge in [0.1, 0.15) is 5.75 Å². The van der Waals surface area contributed by atoms with Crippen LogP contribution in [0.4, 0.5) is 0 Å². The maximum Gasteiger partial charge on any atom is 0.119 e. The van der Waals surface area contributed by atoms with Gasteiger partial charge in [-0.1, -0.05) is 12.1 Å². The van der Waals surface area contributed by atoms with Gasteiger partial charge in [0.2, 0.25) is 0 Å². The Hall–Kier alpha value is -1.06. The Balaban J connectivity index is 1.88. The molecular weight excluding hydrogens is 202 g/mol. The Kier molecular flexibility index (Phi) is 3.80. The first-order chi connectivity index (χ1) is 7.79. The molecule has 0 amide bonds. The Bertz CT molecular complexity index is 340. The van der Waals surface area contributed by atoms with Gasteiger partial charge in [0.05, 0.1) is 19.8 Å². The summed E-state index contributed by atoms with van der Waals surface area (Å²) in [4.78, 5) is 0. The Morgan fingerprint density at radius 3 is 2.94 bits per heavy atom. The molecule has 88 valence electrons. The third-order valence-electron chi connectivity index (χ3n) is 3.10. The predicted octanol–water partition coefficient (Wildman–Crippen LogP) is 2.09. The van der Waals surface area contributed by atoms with Crippen LogP contribution >= 0.6 is 0 Å². The third-order valence-corrected chi connectivity index (χ3v) is 3.10. The van der Waals surface area contributed by atoms with Crippen molar-refractivity contribution in [2.75, 3.05) is 7.11 Å². The standard InChI is InChI=1S/C13H19NO2/c1-15-11-5-2-4-10(8-11)9-16-13-7-3-6-12(13)14/h2,4-5,8,12-13H,3,6-7,9,14H2,1H3/t12-,13-/m0/s1. The van der Waals surface area contributed by atoms with Gasteiger partial charge in [-0.05, 0) is 37.0 Å². The van der Waals surface area contributed by atoms with Gasteiger partial charge in [-0.15, -0.1) is 0 Å². The van der Waals surface area contributed by atoms with Crippen LogP contribution in [0.15, 0.2) is 24.3 Å². The molecule has 2 rings (SSSR count). The topological polar surface area (TPSA) is 44.5 Å². The van der Waals surface area contributed by atoms with Gasteiger partial charge < -0.3 is 15.2 Å². The molecule has 0 aliphatic heterocycles. The highest BCUT2D eigenvalue weighted by Crippen LogP contribution is 2.22. The van der Waals surface area contributed by atoms with Crippen molar-refractivity contribution in [1.29, 1.82) is 0 Å². The summed E-state index contributed by atoms with van der Waals surface area (Å²) in [6, 6.07) is 8.17. The number of methoxy groups -OCH3 is 1. The lowest BCUT2D eigenvalue weighted by Gasteiger charge is -2.16. The minimum atomic E-state index is 0.214. The fourth-order valence-corrected chi connectivity index (χ4v) is 2.13. The summed E-state index contributed by atoms with van der Waals surface area (Å²) in [5.74, 6) is 0.872. The average Bonchev–Trinajstić information content (AvgIpc) is 2.72. The molecule has 3 heteroatoms. The quantitative estimate of drug-likeness (QED) is 0.846. The predicted molar refractivity (Wildman–Crippen MR) is 63.4 cm³/mol. The smallest absolute Gasteiger partial charge is 0.119 e. The zero-order valence-corrected chi connectivity index (χ0v) is 9.69. The van der Waals surface area contributed by atoms with E-state index in [0.717, 1.165) is 24.2 Å². The average molecular weight is 221 g/mol. The molecule has 1 aromatic rings. The van der Waals surface area contributed by atoms with E-state index in [0.29, 0.717) is 6.61 Å². The molecule has 0 saturated heterocycles. The number of ether oxygens (including phenoxy) is 2. The van der Waals surface area contributed by atoms with Crippen molar-refractivity contribution in [2.45, 2.75) is 38.0 Å². The highest BCUT2D eigenvalue weighted by atomic mass is 16.5. The van der Waals surface area contributed by atoms with Crippen LogP contribution < -0.4 is 10.5 Å². The first-order valence-corrected chi connectivity index (χ1v) is 5.79. The minimum Gasteiger partial charge on any atom is -0.497 e. The highest BCUT2D eigenvalue weighted by Gasteiger charge is 2.24. The van der Waals surface area contributed by atoms with Gasteiger partial charge in [0, 0.05) is 6.04 Å². The molecule has 0 bridgehead atoms. The van der Waals surface area contributed by atoms with Crippen molar-refractivity contribution < 1.29 is 9.47 Å². The van der Waals surface area contributed by atoms with Crippen LogP contribution in [0.3, 0.4) is 0 Å². The maximum absolute atomic E-state index is 5.95. The van der Waals surface area contributed by atoms with E-state index in [4.69, 9.17) is 15.2 Å². The Morgan fingerprint density at radius 2 is 2.25 bits per heavy atom. The van der Waals surface area contributed by atoms with Gasteiger partial charge in [0.15, 0.2) is 0 Å². The van der Waals surface area contributed by atoms with Crippen LogP contribution in [0.2, 0.25) is 0 Å². The molecule has 0 unspecified atom stereocenters. The summed E-state index contributed by atoms with van der Waals surface area (Å²) in [6.45, 7) is 0.621. The number of nitrogens with two attached hydrogens (primary N) is 1. The number of hydrogen-bond donors (Lipinski definition) is 1. The molecule has 2 atom stereocenters. The number of benzene rings is 1. The molecule has 16 heavy (non-hydrogen) atoms. The van der Waals surface area contributed by atoms with Crippen LogP contribution in [-0.2, 0) is 11.3 Å². The molecule has 1 aliphatic rings. The number of hydrogen-bond acceptors (Lipinski definition) is 3. The fourth-order valence-electron chi connectivity index (χ4n) is 2.13. The minimum absolute atomic E-state index is 0.214. The molecule has 0 spiro atoms. The summed E-state index contributed by atoms with van der Waals surface area (Å²) in [6.07, 6.45) is 3.59. The van der Waals surface area contributed by atoms with E-state index in [-0.39, 0.29) is 12.1 Å². The molecule has 0 heterocycles. The lowest BCUT2D eigenvalue weighted by atomic mass is 10.2. The third kappa shape index (κ3) is 2.74. The van der Waals surface area contributed by atoms with Crippen molar-refractivity contribution in [2.24, 2.45) is 5.73 Å². The van der Waals surface area contributed by atoms with Gasteiger partial charge in [0.25, 0.3) is 0 Å². The summed E-state index contributed by atoms with van der Waals surface area (Å²) in [5, 5.41) is 0. The van der Waals surface area contributed by atoms with Crippen molar-refractivity contribution in [1.82, 2.24) is 0 Å². The molecule has 0 aromatic heterocycles. The van der Waals surface area contributed by atoms with Crippen molar-refractivity contribution in [3.8, 4) is 5.75 Å². The second-order valence-electron chi connectivity index (χ2n) is 4.30. The Morgan fingerprint density at radius 1 is 1.38 bits per heavy atom. The first-order valence-electron chi connectivity index (χ1n) is 5.79. The zero-order chi connectivity index (χ0) is 11.4. The lowest BCUT2D eigenvalue weighted by molar-refractivity contribution is 0.0356. The van der Waals surface area contributed by atoms with Crippen LogP contribution in [0, 0.1) is 0 Å². The van der Waals surface area contributed by atoms with E-state index in [2.05, 4.69) is 0 Å². The second kappa shape index (κ2) is 5.32. The van der Waals surface area contributed by atoms with Crippen LogP contribution in [0.1, 0.15) is 24.8 Å². The van der Waals surface area contributed by atoms with Crippen LogP contribution in [0.5, 0.6) is 5.75 Å². The summed E-state index contributed by atoms with van der Waals surface area (Å²) in [5.41, 5.74) is 7.09.